The zero-order chi connectivity index (χ0) is 15.9. The van der Waals surface area contributed by atoms with Gasteiger partial charge in [0.25, 0.3) is 0 Å². The van der Waals surface area contributed by atoms with Crippen molar-refractivity contribution in [3.63, 3.8) is 0 Å². The Hall–Kier alpha value is -1.42. The van der Waals surface area contributed by atoms with Gasteiger partial charge in [-0.15, -0.1) is 0 Å². The average molecular weight is 358 g/mol. The Morgan fingerprint density at radius 2 is 1.64 bits per heavy atom. The van der Waals surface area contributed by atoms with Crippen molar-refractivity contribution in [2.75, 3.05) is 18.4 Å². The Balaban J connectivity index is 1.74. The molecule has 116 valence electrons. The molecule has 0 radical (unpaired) electrons. The Labute approximate surface area is 144 Å². The zero-order valence-electron chi connectivity index (χ0n) is 11.7. The van der Waals surface area contributed by atoms with Crippen LogP contribution in [-0.4, -0.2) is 19.0 Å². The summed E-state index contributed by atoms with van der Waals surface area (Å²) in [4.78, 5) is 11.8. The van der Waals surface area contributed by atoms with Crippen LogP contribution in [0.5, 0.6) is 0 Å². The molecule has 0 aromatic heterocycles. The highest BCUT2D eigenvalue weighted by atomic mass is 35.5. The van der Waals surface area contributed by atoms with Gasteiger partial charge in [0.2, 0.25) is 5.91 Å². The fourth-order valence-electron chi connectivity index (χ4n) is 1.87. The first-order valence-corrected chi connectivity index (χ1v) is 7.88. The lowest BCUT2D eigenvalue weighted by atomic mass is 10.1. The van der Waals surface area contributed by atoms with E-state index in [1.807, 2.05) is 24.3 Å². The summed E-state index contributed by atoms with van der Waals surface area (Å²) in [5.41, 5.74) is 1.76. The quantitative estimate of drug-likeness (QED) is 0.803. The van der Waals surface area contributed by atoms with Crippen molar-refractivity contribution in [2.45, 2.75) is 6.42 Å². The highest BCUT2D eigenvalue weighted by Gasteiger charge is 2.04. The molecule has 3 nitrogen and oxygen atoms in total. The monoisotopic (exact) mass is 356 g/mol. The molecule has 0 saturated carbocycles. The second-order valence-corrected chi connectivity index (χ2v) is 5.98. The zero-order valence-corrected chi connectivity index (χ0v) is 14.0. The number of rotatable bonds is 6. The third kappa shape index (κ3) is 5.41. The molecular weight excluding hydrogens is 343 g/mol. The van der Waals surface area contributed by atoms with E-state index in [0.717, 1.165) is 12.0 Å². The van der Waals surface area contributed by atoms with Gasteiger partial charge in [-0.3, -0.25) is 4.79 Å². The first-order valence-electron chi connectivity index (χ1n) is 6.74. The van der Waals surface area contributed by atoms with Gasteiger partial charge in [0, 0.05) is 16.6 Å². The minimum atomic E-state index is -0.106. The lowest BCUT2D eigenvalue weighted by molar-refractivity contribution is -0.119. The van der Waals surface area contributed by atoms with Crippen LogP contribution in [0.2, 0.25) is 15.1 Å². The van der Waals surface area contributed by atoms with E-state index in [4.69, 9.17) is 34.8 Å². The lowest BCUT2D eigenvalue weighted by Gasteiger charge is -2.09. The molecule has 0 unspecified atom stereocenters. The Bertz CT molecular complexity index is 644. The Morgan fingerprint density at radius 3 is 2.36 bits per heavy atom. The van der Waals surface area contributed by atoms with Gasteiger partial charge < -0.3 is 10.6 Å². The summed E-state index contributed by atoms with van der Waals surface area (Å²) in [5, 5.41) is 7.60. The van der Waals surface area contributed by atoms with E-state index in [0.29, 0.717) is 27.3 Å². The molecule has 0 aliphatic rings. The maximum Gasteiger partial charge on any atom is 0.239 e. The molecule has 6 heteroatoms. The third-order valence-electron chi connectivity index (χ3n) is 3.02. The summed E-state index contributed by atoms with van der Waals surface area (Å²) in [5.74, 6) is -0.106. The van der Waals surface area contributed by atoms with Crippen LogP contribution in [0, 0.1) is 0 Å². The summed E-state index contributed by atoms with van der Waals surface area (Å²) in [6.45, 7) is 0.700. The van der Waals surface area contributed by atoms with E-state index in [-0.39, 0.29) is 12.5 Å². The predicted octanol–water partition coefficient (Wildman–Crippen LogP) is 4.42. The van der Waals surface area contributed by atoms with Gasteiger partial charge in [-0.2, -0.15) is 0 Å². The summed E-state index contributed by atoms with van der Waals surface area (Å²) in [6.07, 6.45) is 0.751. The van der Waals surface area contributed by atoms with Crippen LogP contribution in [-0.2, 0) is 11.2 Å². The summed E-state index contributed by atoms with van der Waals surface area (Å²) >= 11 is 17.7. The normalized spacial score (nSPS) is 10.3. The molecule has 0 aliphatic heterocycles. The van der Waals surface area contributed by atoms with Crippen LogP contribution in [0.25, 0.3) is 0 Å². The van der Waals surface area contributed by atoms with Crippen LogP contribution < -0.4 is 10.6 Å². The number of nitrogens with one attached hydrogen (secondary N) is 2. The molecule has 0 heterocycles. The van der Waals surface area contributed by atoms with Crippen molar-refractivity contribution in [1.82, 2.24) is 5.32 Å². The number of halogens is 3. The molecular formula is C16H15Cl3N2O. The average Bonchev–Trinajstić information content (AvgIpc) is 2.50. The fourth-order valence-corrected chi connectivity index (χ4v) is 2.35. The van der Waals surface area contributed by atoms with Gasteiger partial charge >= 0.3 is 0 Å². The van der Waals surface area contributed by atoms with Gasteiger partial charge in [0.15, 0.2) is 0 Å². The first-order chi connectivity index (χ1) is 10.5. The number of anilines is 1. The molecule has 2 aromatic rings. The van der Waals surface area contributed by atoms with E-state index in [2.05, 4.69) is 10.6 Å². The van der Waals surface area contributed by atoms with Gasteiger partial charge in [-0.1, -0.05) is 46.9 Å². The second kappa shape index (κ2) is 8.28. The maximum absolute atomic E-state index is 11.8. The number of hydrogen-bond acceptors (Lipinski definition) is 2. The highest BCUT2D eigenvalue weighted by molar-refractivity contribution is 6.35. The SMILES string of the molecule is O=C(CNc1cc(Cl)ccc1Cl)NCCc1ccc(Cl)cc1. The number of amides is 1. The van der Waals surface area contributed by atoms with Crippen LogP contribution in [0.15, 0.2) is 42.5 Å². The first kappa shape index (κ1) is 16.9. The van der Waals surface area contributed by atoms with Crippen molar-refractivity contribution >= 4 is 46.4 Å². The van der Waals surface area contributed by atoms with Crippen molar-refractivity contribution in [3.8, 4) is 0 Å². The van der Waals surface area contributed by atoms with Crippen LogP contribution >= 0.6 is 34.8 Å². The Morgan fingerprint density at radius 1 is 0.955 bits per heavy atom. The number of carbonyl (C=O) groups is 1. The van der Waals surface area contributed by atoms with E-state index in [9.17, 15) is 4.79 Å². The molecule has 0 saturated heterocycles. The van der Waals surface area contributed by atoms with E-state index < -0.39 is 0 Å². The van der Waals surface area contributed by atoms with Gasteiger partial charge in [0.05, 0.1) is 17.3 Å². The third-order valence-corrected chi connectivity index (χ3v) is 3.83. The van der Waals surface area contributed by atoms with Crippen LogP contribution in [0.4, 0.5) is 5.69 Å². The number of benzene rings is 2. The van der Waals surface area contributed by atoms with Gasteiger partial charge in [-0.25, -0.2) is 0 Å². The minimum Gasteiger partial charge on any atom is -0.375 e. The largest absolute Gasteiger partial charge is 0.375 e. The van der Waals surface area contributed by atoms with E-state index >= 15 is 0 Å². The van der Waals surface area contributed by atoms with E-state index in [1.165, 1.54) is 0 Å². The van der Waals surface area contributed by atoms with Crippen molar-refractivity contribution < 1.29 is 4.79 Å². The molecule has 0 spiro atoms. The topological polar surface area (TPSA) is 41.1 Å². The molecule has 0 aliphatic carbocycles. The molecule has 0 bridgehead atoms. The van der Waals surface area contributed by atoms with Crippen LogP contribution in [0.3, 0.4) is 0 Å². The molecule has 0 fully saturated rings. The second-order valence-electron chi connectivity index (χ2n) is 4.70. The molecule has 2 aromatic carbocycles. The minimum absolute atomic E-state index is 0.106. The molecule has 2 rings (SSSR count). The molecule has 22 heavy (non-hydrogen) atoms. The smallest absolute Gasteiger partial charge is 0.239 e. The lowest BCUT2D eigenvalue weighted by Crippen LogP contribution is -2.31. The van der Waals surface area contributed by atoms with Crippen LogP contribution in [0.1, 0.15) is 5.56 Å². The molecule has 2 N–H and O–H groups in total. The summed E-state index contributed by atoms with van der Waals surface area (Å²) < 4.78 is 0. The van der Waals surface area contributed by atoms with Crippen molar-refractivity contribution in [3.05, 3.63) is 63.1 Å². The Kier molecular flexibility index (Phi) is 6.37. The molecule has 0 atom stereocenters. The van der Waals surface area contributed by atoms with Gasteiger partial charge in [0.1, 0.15) is 0 Å². The van der Waals surface area contributed by atoms with E-state index in [1.54, 1.807) is 18.2 Å². The highest BCUT2D eigenvalue weighted by Crippen LogP contribution is 2.24. The summed E-state index contributed by atoms with van der Waals surface area (Å²) in [6, 6.07) is 12.6. The van der Waals surface area contributed by atoms with Crippen molar-refractivity contribution in [1.29, 1.82) is 0 Å². The van der Waals surface area contributed by atoms with Crippen molar-refractivity contribution in [2.24, 2.45) is 0 Å². The van der Waals surface area contributed by atoms with Gasteiger partial charge in [-0.05, 0) is 42.3 Å². The number of hydrogen-bond donors (Lipinski definition) is 2. The maximum atomic E-state index is 11.8. The summed E-state index contributed by atoms with van der Waals surface area (Å²) in [7, 11) is 0. The predicted molar refractivity (Wildman–Crippen MR) is 93.1 cm³/mol. The number of carbonyl (C=O) groups excluding carboxylic acids is 1. The standard InChI is InChI=1S/C16H15Cl3N2O/c17-12-3-1-11(2-4-12)7-8-20-16(22)10-21-15-9-13(18)5-6-14(15)19/h1-6,9,21H,7-8,10H2,(H,20,22). The molecule has 1 amide bonds. The fraction of sp³-hybridized carbons (Fsp3) is 0.188.